The first-order valence-corrected chi connectivity index (χ1v) is 13.9. The van der Waals surface area contributed by atoms with Crippen molar-refractivity contribution in [2.75, 3.05) is 11.9 Å². The number of rotatable bonds is 12. The van der Waals surface area contributed by atoms with Crippen LogP contribution < -0.4 is 5.32 Å². The molecule has 3 aromatic carbocycles. The number of aliphatic carboxylic acids is 1. The van der Waals surface area contributed by atoms with E-state index in [-0.39, 0.29) is 60.0 Å². The summed E-state index contributed by atoms with van der Waals surface area (Å²) >= 11 is 0. The van der Waals surface area contributed by atoms with Crippen molar-refractivity contribution in [2.24, 2.45) is 11.3 Å². The van der Waals surface area contributed by atoms with Gasteiger partial charge in [0, 0.05) is 17.8 Å². The van der Waals surface area contributed by atoms with E-state index in [0.29, 0.717) is 28.1 Å². The molecule has 1 unspecified atom stereocenters. The van der Waals surface area contributed by atoms with Crippen molar-refractivity contribution < 1.29 is 36.9 Å². The number of carboxylic acids is 1. The van der Waals surface area contributed by atoms with Crippen molar-refractivity contribution in [1.29, 1.82) is 0 Å². The first kappa shape index (κ1) is 34.4. The number of amides is 2. The number of hydrogen-bond acceptors (Lipinski definition) is 5. The van der Waals surface area contributed by atoms with Gasteiger partial charge in [-0.2, -0.15) is 0 Å². The number of halogens is 1. The molecule has 0 radical (unpaired) electrons. The molecule has 0 saturated carbocycles. The maximum atomic E-state index is 14.7. The van der Waals surface area contributed by atoms with Crippen molar-refractivity contribution in [3.05, 3.63) is 102 Å². The molecule has 1 aliphatic heterocycles. The van der Waals surface area contributed by atoms with E-state index in [4.69, 9.17) is 5.11 Å². The average molecular weight is 617 g/mol. The second-order valence-electron chi connectivity index (χ2n) is 10.8. The zero-order valence-electron chi connectivity index (χ0n) is 26.2. The molecule has 0 fully saturated rings. The number of aliphatic hydroxyl groups is 2. The predicted octanol–water partition coefficient (Wildman–Crippen LogP) is 4.64. The summed E-state index contributed by atoms with van der Waals surface area (Å²) in [5.74, 6) is -3.19. The standard InChI is InChI=1S/C33H35FN2O6.Ca.2H/c1-21(2)33(31(41)35-25-11-7-4-8-12-25)29(22-9-5-3-6-10-22)30(23-13-15-24(34)16-14-23)36(32(33)42)18-17-26(37)19-27(38)20-28(39)40;;;/h3-16,21,26-27,37-38H,17-20H2,1-2H3,(H,35,41)(H,39,40);;;/q;+2;2*-1/t26-,27-,33?;;;/m1.../s1. The third kappa shape index (κ3) is 7.53. The van der Waals surface area contributed by atoms with Crippen molar-refractivity contribution in [3.63, 3.8) is 0 Å². The summed E-state index contributed by atoms with van der Waals surface area (Å²) in [7, 11) is 0. The predicted molar refractivity (Wildman–Crippen MR) is 165 cm³/mol. The molecule has 1 heterocycles. The van der Waals surface area contributed by atoms with E-state index in [2.05, 4.69) is 5.32 Å². The van der Waals surface area contributed by atoms with Crippen LogP contribution in [0.4, 0.5) is 10.1 Å². The molecule has 43 heavy (non-hydrogen) atoms. The second-order valence-corrected chi connectivity index (χ2v) is 10.8. The molecule has 0 spiro atoms. The number of carboxylic acid groups (broad SMARTS) is 1. The van der Waals surface area contributed by atoms with E-state index in [1.807, 2.05) is 36.4 Å². The van der Waals surface area contributed by atoms with Gasteiger partial charge in [0.2, 0.25) is 11.8 Å². The minimum Gasteiger partial charge on any atom is -1.00 e. The van der Waals surface area contributed by atoms with Crippen molar-refractivity contribution >= 4 is 72.5 Å². The summed E-state index contributed by atoms with van der Waals surface area (Å²) in [6.45, 7) is 3.57. The van der Waals surface area contributed by atoms with E-state index < -0.39 is 53.6 Å². The third-order valence-corrected chi connectivity index (χ3v) is 7.56. The molecule has 2 amide bonds. The summed E-state index contributed by atoms with van der Waals surface area (Å²) in [6, 6.07) is 23.6. The summed E-state index contributed by atoms with van der Waals surface area (Å²) < 4.78 is 14.0. The second kappa shape index (κ2) is 15.1. The number of anilines is 1. The molecule has 1 aliphatic rings. The number of hydrogen-bond donors (Lipinski definition) is 4. The fraction of sp³-hybridized carbons (Fsp3) is 0.303. The Hall–Kier alpha value is -3.08. The summed E-state index contributed by atoms with van der Waals surface area (Å²) in [6.07, 6.45) is -3.09. The van der Waals surface area contributed by atoms with Crippen LogP contribution in [0.5, 0.6) is 0 Å². The minimum atomic E-state index is -1.69. The zero-order valence-corrected chi connectivity index (χ0v) is 26.5. The van der Waals surface area contributed by atoms with Gasteiger partial charge in [-0.15, -0.1) is 0 Å². The molecular weight excluding hydrogens is 579 g/mol. The Kier molecular flexibility index (Phi) is 12.1. The SMILES string of the molecule is CC(C)C1(C(=O)Nc2ccccc2)C(=O)N(CC[C@@H](O)C[C@@H](O)CC(=O)O)C(c2ccc(F)cc2)=C1c1ccccc1.[Ca+2].[H-].[H-]. The quantitative estimate of drug-likeness (QED) is 0.174. The van der Waals surface area contributed by atoms with Gasteiger partial charge in [0.15, 0.2) is 5.41 Å². The van der Waals surface area contributed by atoms with Crippen LogP contribution in [-0.4, -0.2) is 94.5 Å². The Bertz CT molecular complexity index is 1460. The van der Waals surface area contributed by atoms with E-state index in [1.54, 1.807) is 50.2 Å². The average Bonchev–Trinajstić information content (AvgIpc) is 3.22. The van der Waals surface area contributed by atoms with Crippen LogP contribution in [0, 0.1) is 17.2 Å². The van der Waals surface area contributed by atoms with Gasteiger partial charge in [0.1, 0.15) is 5.82 Å². The fourth-order valence-corrected chi connectivity index (χ4v) is 5.59. The molecule has 0 aromatic heterocycles. The topological polar surface area (TPSA) is 127 Å². The number of benzene rings is 3. The molecule has 0 saturated heterocycles. The van der Waals surface area contributed by atoms with E-state index in [9.17, 15) is 29.0 Å². The number of carbonyl (C=O) groups is 3. The summed E-state index contributed by atoms with van der Waals surface area (Å²) in [4.78, 5) is 41.4. The fourth-order valence-electron chi connectivity index (χ4n) is 5.59. The number of aliphatic hydroxyl groups excluding tert-OH is 2. The smallest absolute Gasteiger partial charge is 1.00 e. The molecular formula is C33H37CaFN2O6. The number of carbonyl (C=O) groups excluding carboxylic acids is 2. The van der Waals surface area contributed by atoms with Crippen molar-refractivity contribution in [3.8, 4) is 0 Å². The third-order valence-electron chi connectivity index (χ3n) is 7.56. The molecule has 4 rings (SSSR count). The molecule has 3 aromatic rings. The molecule has 224 valence electrons. The minimum absolute atomic E-state index is 0. The van der Waals surface area contributed by atoms with Gasteiger partial charge in [-0.3, -0.25) is 14.4 Å². The van der Waals surface area contributed by atoms with Crippen LogP contribution in [0.3, 0.4) is 0 Å². The normalized spacial score (nSPS) is 17.9. The van der Waals surface area contributed by atoms with Crippen LogP contribution in [0.15, 0.2) is 84.9 Å². The number of nitrogens with zero attached hydrogens (tertiary/aromatic N) is 1. The van der Waals surface area contributed by atoms with Crippen LogP contribution in [0.1, 0.15) is 47.1 Å². The van der Waals surface area contributed by atoms with E-state index in [0.717, 1.165) is 0 Å². The monoisotopic (exact) mass is 616 g/mol. The first-order valence-electron chi connectivity index (χ1n) is 13.9. The molecule has 4 N–H and O–H groups in total. The molecule has 0 bridgehead atoms. The van der Waals surface area contributed by atoms with Gasteiger partial charge in [-0.25, -0.2) is 4.39 Å². The van der Waals surface area contributed by atoms with Crippen molar-refractivity contribution in [1.82, 2.24) is 4.90 Å². The van der Waals surface area contributed by atoms with E-state index in [1.165, 1.54) is 17.0 Å². The Labute approximate surface area is 283 Å². The van der Waals surface area contributed by atoms with Crippen LogP contribution in [0.2, 0.25) is 0 Å². The zero-order chi connectivity index (χ0) is 30.4. The molecule has 10 heteroatoms. The van der Waals surface area contributed by atoms with Gasteiger partial charge in [0.25, 0.3) is 0 Å². The Morgan fingerprint density at radius 1 is 0.907 bits per heavy atom. The number of nitrogens with one attached hydrogen (secondary N) is 1. The van der Waals surface area contributed by atoms with E-state index >= 15 is 0 Å². The Morgan fingerprint density at radius 3 is 2.05 bits per heavy atom. The van der Waals surface area contributed by atoms with Gasteiger partial charge in [0.05, 0.1) is 24.3 Å². The Morgan fingerprint density at radius 2 is 1.49 bits per heavy atom. The molecule has 8 nitrogen and oxygen atoms in total. The van der Waals surface area contributed by atoms with Crippen LogP contribution >= 0.6 is 0 Å². The summed E-state index contributed by atoms with van der Waals surface area (Å²) in [5, 5.41) is 32.6. The molecule has 0 aliphatic carbocycles. The van der Waals surface area contributed by atoms with Crippen LogP contribution in [0.25, 0.3) is 11.3 Å². The molecule has 3 atom stereocenters. The van der Waals surface area contributed by atoms with Gasteiger partial charge in [-0.1, -0.05) is 62.4 Å². The maximum absolute atomic E-state index is 14.7. The maximum Gasteiger partial charge on any atom is 2.00 e. The van der Waals surface area contributed by atoms with Gasteiger partial charge in [-0.05, 0) is 66.3 Å². The van der Waals surface area contributed by atoms with Gasteiger partial charge >= 0.3 is 43.7 Å². The first-order chi connectivity index (χ1) is 20.0. The Balaban J connectivity index is 0.00000337. The van der Waals surface area contributed by atoms with Crippen molar-refractivity contribution in [2.45, 2.75) is 45.3 Å². The van der Waals surface area contributed by atoms with Crippen LogP contribution in [-0.2, 0) is 14.4 Å². The number of para-hydroxylation sites is 1. The van der Waals surface area contributed by atoms with Gasteiger partial charge < -0.3 is 28.4 Å². The summed E-state index contributed by atoms with van der Waals surface area (Å²) in [5.41, 5.74) is 0.868. The largest absolute Gasteiger partial charge is 2.00 e.